The zero-order chi connectivity index (χ0) is 29.2. The van der Waals surface area contributed by atoms with E-state index >= 15 is 0 Å². The summed E-state index contributed by atoms with van der Waals surface area (Å²) in [4.78, 5) is 37.8. The molecule has 4 aromatic rings. The van der Waals surface area contributed by atoms with Crippen molar-refractivity contribution in [2.45, 2.75) is 39.0 Å². The molecule has 8 heteroatoms. The Balaban J connectivity index is 1.50. The van der Waals surface area contributed by atoms with E-state index in [1.165, 1.54) is 13.2 Å². The molecule has 1 heterocycles. The molecule has 3 aromatic carbocycles. The van der Waals surface area contributed by atoms with Gasteiger partial charge in [-0.15, -0.1) is 0 Å². The summed E-state index contributed by atoms with van der Waals surface area (Å²) in [6.45, 7) is 2.43. The Kier molecular flexibility index (Phi) is 10.2. The van der Waals surface area contributed by atoms with Crippen LogP contribution >= 0.6 is 0 Å². The van der Waals surface area contributed by atoms with Crippen molar-refractivity contribution in [3.63, 3.8) is 0 Å². The van der Waals surface area contributed by atoms with Crippen LogP contribution < -0.4 is 14.9 Å². The van der Waals surface area contributed by atoms with E-state index in [0.717, 1.165) is 36.1 Å². The van der Waals surface area contributed by atoms with Crippen LogP contribution in [-0.4, -0.2) is 39.4 Å². The molecule has 8 nitrogen and oxygen atoms in total. The molecule has 0 radical (unpaired) electrons. The highest BCUT2D eigenvalue weighted by atomic mass is 16.5. The van der Waals surface area contributed by atoms with Gasteiger partial charge in [-0.3, -0.25) is 9.59 Å². The molecule has 0 aliphatic carbocycles. The van der Waals surface area contributed by atoms with Gasteiger partial charge in [-0.1, -0.05) is 36.4 Å². The van der Waals surface area contributed by atoms with Gasteiger partial charge < -0.3 is 23.4 Å². The van der Waals surface area contributed by atoms with Crippen LogP contribution in [0.3, 0.4) is 0 Å². The lowest BCUT2D eigenvalue weighted by atomic mass is 10.0. The fourth-order valence-corrected chi connectivity index (χ4v) is 4.50. The number of unbranched alkanes of at least 4 members (excludes halogenated alkanes) is 2. The first-order chi connectivity index (χ1) is 19.9. The Hall–Kier alpha value is -4.59. The number of ether oxygens (including phenoxy) is 4. The number of carbonyl (C=O) groups excluding carboxylic acids is 2. The van der Waals surface area contributed by atoms with Gasteiger partial charge in [0, 0.05) is 12.5 Å². The van der Waals surface area contributed by atoms with E-state index in [4.69, 9.17) is 23.4 Å². The van der Waals surface area contributed by atoms with Crippen LogP contribution in [0.4, 0.5) is 0 Å². The third kappa shape index (κ3) is 7.33. The summed E-state index contributed by atoms with van der Waals surface area (Å²) < 4.78 is 27.3. The van der Waals surface area contributed by atoms with Crippen LogP contribution in [0.2, 0.25) is 0 Å². The van der Waals surface area contributed by atoms with Crippen molar-refractivity contribution in [3.8, 4) is 11.5 Å². The quantitative estimate of drug-likeness (QED) is 0.104. The number of benzene rings is 3. The maximum absolute atomic E-state index is 13.4. The van der Waals surface area contributed by atoms with Crippen LogP contribution in [0.1, 0.15) is 54.1 Å². The van der Waals surface area contributed by atoms with Crippen LogP contribution in [0.25, 0.3) is 28.0 Å². The van der Waals surface area contributed by atoms with Gasteiger partial charge in [0.25, 0.3) is 0 Å². The smallest absolute Gasteiger partial charge is 0.341 e. The number of fused-ring (bicyclic) bond motifs is 2. The minimum Gasteiger partial charge on any atom is -0.497 e. The van der Waals surface area contributed by atoms with Crippen molar-refractivity contribution in [3.05, 3.63) is 87.6 Å². The number of methoxy groups -OCH3 is 2. The molecule has 0 fully saturated rings. The SMILES string of the molecule is CCOC(=O)CCc1cccc2c(=O)c3cc(C(=O)OC)c(OCCCCC=Cc4ccc(OC)cc4)cc3oc12. The summed E-state index contributed by atoms with van der Waals surface area (Å²) in [5.41, 5.74) is 2.38. The van der Waals surface area contributed by atoms with Gasteiger partial charge in [0.1, 0.15) is 28.2 Å². The summed E-state index contributed by atoms with van der Waals surface area (Å²) in [5.74, 6) is 0.181. The Bertz CT molecular complexity index is 1600. The number of para-hydroxylation sites is 1. The van der Waals surface area contributed by atoms with Crippen LogP contribution in [0.5, 0.6) is 11.5 Å². The molecule has 0 aliphatic rings. The summed E-state index contributed by atoms with van der Waals surface area (Å²) in [6.07, 6.45) is 7.21. The molecule has 41 heavy (non-hydrogen) atoms. The lowest BCUT2D eigenvalue weighted by molar-refractivity contribution is -0.143. The lowest BCUT2D eigenvalue weighted by Gasteiger charge is -2.12. The second kappa shape index (κ2) is 14.2. The molecular formula is C33H34O8. The van der Waals surface area contributed by atoms with Crippen molar-refractivity contribution in [1.82, 2.24) is 0 Å². The summed E-state index contributed by atoms with van der Waals surface area (Å²) in [5, 5.41) is 0.613. The first-order valence-corrected chi connectivity index (χ1v) is 13.6. The van der Waals surface area contributed by atoms with Gasteiger partial charge in [0.05, 0.1) is 38.2 Å². The molecule has 4 rings (SSSR count). The number of carbonyl (C=O) groups is 2. The molecule has 0 N–H and O–H groups in total. The van der Waals surface area contributed by atoms with E-state index in [-0.39, 0.29) is 40.1 Å². The highest BCUT2D eigenvalue weighted by Crippen LogP contribution is 2.29. The summed E-state index contributed by atoms with van der Waals surface area (Å²) in [6, 6.07) is 16.1. The average Bonchev–Trinajstić information content (AvgIpc) is 2.99. The monoisotopic (exact) mass is 558 g/mol. The number of hydrogen-bond acceptors (Lipinski definition) is 8. The molecule has 0 bridgehead atoms. The van der Waals surface area contributed by atoms with E-state index in [1.807, 2.05) is 30.3 Å². The highest BCUT2D eigenvalue weighted by molar-refractivity contribution is 5.99. The topological polar surface area (TPSA) is 101 Å². The van der Waals surface area contributed by atoms with Crippen molar-refractivity contribution in [2.24, 2.45) is 0 Å². The average molecular weight is 559 g/mol. The molecule has 1 aromatic heterocycles. The third-order valence-electron chi connectivity index (χ3n) is 6.64. The molecular weight excluding hydrogens is 524 g/mol. The molecule has 0 saturated carbocycles. The van der Waals surface area contributed by atoms with Crippen LogP contribution in [0, 0.1) is 0 Å². The largest absolute Gasteiger partial charge is 0.497 e. The maximum atomic E-state index is 13.4. The van der Waals surface area contributed by atoms with Crippen LogP contribution in [-0.2, 0) is 20.7 Å². The lowest BCUT2D eigenvalue weighted by Crippen LogP contribution is -2.10. The van der Waals surface area contributed by atoms with Crippen molar-refractivity contribution in [1.29, 1.82) is 0 Å². The Morgan fingerprint density at radius 1 is 0.976 bits per heavy atom. The van der Waals surface area contributed by atoms with Gasteiger partial charge in [-0.2, -0.15) is 0 Å². The molecule has 0 aliphatic heterocycles. The molecule has 0 amide bonds. The molecule has 0 unspecified atom stereocenters. The van der Waals surface area contributed by atoms with Crippen molar-refractivity contribution >= 4 is 40.0 Å². The first-order valence-electron chi connectivity index (χ1n) is 13.6. The third-order valence-corrected chi connectivity index (χ3v) is 6.64. The standard InChI is InChI=1S/C33H34O8/c1-4-39-30(34)18-15-23-11-9-12-25-31(35)26-20-27(33(36)38-3)28(21-29(26)41-32(23)25)40-19-8-6-5-7-10-22-13-16-24(37-2)17-14-22/h7,9-14,16-17,20-21H,4-6,8,15,18-19H2,1-3H3. The zero-order valence-corrected chi connectivity index (χ0v) is 23.6. The first kappa shape index (κ1) is 29.4. The van der Waals surface area contributed by atoms with Gasteiger partial charge >= 0.3 is 11.9 Å². The second-order valence-electron chi connectivity index (χ2n) is 9.39. The molecule has 214 valence electrons. The van der Waals surface area contributed by atoms with E-state index < -0.39 is 5.97 Å². The number of aryl methyl sites for hydroxylation is 1. The van der Waals surface area contributed by atoms with Gasteiger partial charge in [0.2, 0.25) is 5.43 Å². The van der Waals surface area contributed by atoms with Crippen LogP contribution in [0.15, 0.2) is 69.9 Å². The van der Waals surface area contributed by atoms with Gasteiger partial charge in [-0.05, 0) is 68.0 Å². The number of rotatable bonds is 13. The fraction of sp³-hybridized carbons (Fsp3) is 0.303. The fourth-order valence-electron chi connectivity index (χ4n) is 4.50. The van der Waals surface area contributed by atoms with E-state index in [1.54, 1.807) is 32.2 Å². The van der Waals surface area contributed by atoms with Gasteiger partial charge in [-0.25, -0.2) is 4.79 Å². The predicted molar refractivity (Wildman–Crippen MR) is 158 cm³/mol. The molecule has 0 saturated heterocycles. The maximum Gasteiger partial charge on any atom is 0.341 e. The van der Waals surface area contributed by atoms with Crippen molar-refractivity contribution in [2.75, 3.05) is 27.4 Å². The number of allylic oxidation sites excluding steroid dienone is 1. The van der Waals surface area contributed by atoms with E-state index in [2.05, 4.69) is 12.2 Å². The minimum absolute atomic E-state index is 0.157. The predicted octanol–water partition coefficient (Wildman–Crippen LogP) is 6.50. The Morgan fingerprint density at radius 2 is 1.78 bits per heavy atom. The van der Waals surface area contributed by atoms with Gasteiger partial charge in [0.15, 0.2) is 0 Å². The van der Waals surface area contributed by atoms with E-state index in [0.29, 0.717) is 30.6 Å². The number of hydrogen-bond donors (Lipinski definition) is 0. The number of esters is 2. The summed E-state index contributed by atoms with van der Waals surface area (Å²) >= 11 is 0. The Morgan fingerprint density at radius 3 is 2.51 bits per heavy atom. The second-order valence-corrected chi connectivity index (χ2v) is 9.39. The normalized spacial score (nSPS) is 11.2. The molecule has 0 spiro atoms. The molecule has 0 atom stereocenters. The van der Waals surface area contributed by atoms with Crippen molar-refractivity contribution < 1.29 is 33.0 Å². The van der Waals surface area contributed by atoms with E-state index in [9.17, 15) is 14.4 Å². The summed E-state index contributed by atoms with van der Waals surface area (Å²) in [7, 11) is 2.92. The Labute approximate surface area is 238 Å². The zero-order valence-electron chi connectivity index (χ0n) is 23.6. The highest BCUT2D eigenvalue weighted by Gasteiger charge is 2.19. The minimum atomic E-state index is -0.605.